The number of aryl methyl sites for hydroxylation is 1. The van der Waals surface area contributed by atoms with Crippen molar-refractivity contribution in [1.29, 1.82) is 0 Å². The van der Waals surface area contributed by atoms with Gasteiger partial charge in [-0.05, 0) is 18.6 Å². The molecule has 0 unspecified atom stereocenters. The van der Waals surface area contributed by atoms with Gasteiger partial charge >= 0.3 is 0 Å². The molecule has 1 amide bonds. The predicted octanol–water partition coefficient (Wildman–Crippen LogP) is 5.26. The van der Waals surface area contributed by atoms with Crippen molar-refractivity contribution >= 4 is 50.6 Å². The Labute approximate surface area is 203 Å². The van der Waals surface area contributed by atoms with Gasteiger partial charge in [-0.2, -0.15) is 0 Å². The molecule has 10 heteroatoms. The van der Waals surface area contributed by atoms with Gasteiger partial charge in [-0.15, -0.1) is 17.9 Å². The number of benzene rings is 2. The predicted molar refractivity (Wildman–Crippen MR) is 137 cm³/mol. The van der Waals surface area contributed by atoms with E-state index in [-0.39, 0.29) is 29.2 Å². The zero-order valence-corrected chi connectivity index (χ0v) is 19.8. The van der Waals surface area contributed by atoms with Crippen LogP contribution in [0.25, 0.3) is 21.3 Å². The lowest BCUT2D eigenvalue weighted by Gasteiger charge is -2.11. The molecule has 4 aromatic rings. The molecule has 4 rings (SSSR count). The third kappa shape index (κ3) is 4.78. The van der Waals surface area contributed by atoms with E-state index in [0.717, 1.165) is 28.5 Å². The number of anilines is 1. The van der Waals surface area contributed by atoms with Crippen LogP contribution in [0.5, 0.6) is 0 Å². The van der Waals surface area contributed by atoms with Crippen molar-refractivity contribution < 1.29 is 9.72 Å². The Kier molecular flexibility index (Phi) is 6.90. The van der Waals surface area contributed by atoms with Crippen LogP contribution in [0.3, 0.4) is 0 Å². The highest BCUT2D eigenvalue weighted by molar-refractivity contribution is 7.99. The van der Waals surface area contributed by atoms with Gasteiger partial charge in [0.05, 0.1) is 16.1 Å². The summed E-state index contributed by atoms with van der Waals surface area (Å²) in [6, 6.07) is 13.9. The number of rotatable bonds is 8. The number of para-hydroxylation sites is 2. The number of allylic oxidation sites excluding steroid dienone is 1. The zero-order chi connectivity index (χ0) is 24.2. The van der Waals surface area contributed by atoms with E-state index in [0.29, 0.717) is 15.4 Å². The van der Waals surface area contributed by atoms with Crippen LogP contribution in [0.15, 0.2) is 76.5 Å². The maximum atomic E-state index is 13.4. The summed E-state index contributed by atoms with van der Waals surface area (Å²) in [6.45, 7) is 5.98. The van der Waals surface area contributed by atoms with Crippen molar-refractivity contribution in [3.05, 3.63) is 92.6 Å². The number of thioether (sulfide) groups is 1. The molecular weight excluding hydrogens is 472 g/mol. The lowest BCUT2D eigenvalue weighted by Crippen LogP contribution is -2.23. The molecule has 1 N–H and O–H groups in total. The van der Waals surface area contributed by atoms with Crippen LogP contribution in [-0.4, -0.2) is 26.1 Å². The number of nitrogens with zero attached hydrogens (tertiary/aromatic N) is 3. The Balaban J connectivity index is 1.63. The molecule has 0 fully saturated rings. The number of nitro groups is 1. The van der Waals surface area contributed by atoms with Crippen LogP contribution in [-0.2, 0) is 11.3 Å². The summed E-state index contributed by atoms with van der Waals surface area (Å²) >= 11 is 2.46. The van der Waals surface area contributed by atoms with Crippen LogP contribution in [0.4, 0.5) is 11.4 Å². The van der Waals surface area contributed by atoms with E-state index >= 15 is 0 Å². The molecule has 34 heavy (non-hydrogen) atoms. The maximum absolute atomic E-state index is 13.4. The van der Waals surface area contributed by atoms with E-state index in [1.54, 1.807) is 12.1 Å². The minimum atomic E-state index is -0.553. The van der Waals surface area contributed by atoms with Gasteiger partial charge in [-0.1, -0.05) is 59.8 Å². The smallest absolute Gasteiger partial charge is 0.292 e. The molecule has 0 aliphatic rings. The summed E-state index contributed by atoms with van der Waals surface area (Å²) in [4.78, 5) is 41.8. The third-order valence-electron chi connectivity index (χ3n) is 5.04. The van der Waals surface area contributed by atoms with Crippen molar-refractivity contribution in [2.75, 3.05) is 11.1 Å². The van der Waals surface area contributed by atoms with E-state index in [4.69, 9.17) is 0 Å². The maximum Gasteiger partial charge on any atom is 0.292 e. The normalized spacial score (nSPS) is 10.9. The zero-order valence-electron chi connectivity index (χ0n) is 18.2. The molecule has 0 aliphatic heterocycles. The number of carbonyl (C=O) groups excluding carboxylic acids is 1. The Hall–Kier alpha value is -3.76. The average Bonchev–Trinajstić information content (AvgIpc) is 3.24. The molecule has 0 atom stereocenters. The van der Waals surface area contributed by atoms with Gasteiger partial charge in [0.2, 0.25) is 5.91 Å². The molecule has 172 valence electrons. The standard InChI is InChI=1S/C24H20N4O4S2/c1-3-12-27-23(30)21-17(16-10-8-15(2)9-11-16)13-33-22(21)26-24(27)34-14-20(29)25-18-6-4-5-7-19(18)28(31)32/h3-11,13H,1,12,14H2,2H3,(H,25,29). The lowest BCUT2D eigenvalue weighted by molar-refractivity contribution is -0.383. The number of nitro benzene ring substituents is 1. The molecular formula is C24H20N4O4S2. The van der Waals surface area contributed by atoms with Crippen molar-refractivity contribution in [2.45, 2.75) is 18.6 Å². The summed E-state index contributed by atoms with van der Waals surface area (Å²) in [5.41, 5.74) is 2.61. The number of nitrogens with one attached hydrogen (secondary N) is 1. The minimum absolute atomic E-state index is 0.0721. The monoisotopic (exact) mass is 492 g/mol. The van der Waals surface area contributed by atoms with Crippen LogP contribution in [0, 0.1) is 17.0 Å². The summed E-state index contributed by atoms with van der Waals surface area (Å²) < 4.78 is 1.49. The van der Waals surface area contributed by atoms with E-state index in [2.05, 4.69) is 16.9 Å². The highest BCUT2D eigenvalue weighted by atomic mass is 32.2. The quantitative estimate of drug-likeness (QED) is 0.118. The van der Waals surface area contributed by atoms with Crippen molar-refractivity contribution in [1.82, 2.24) is 9.55 Å². The van der Waals surface area contributed by atoms with Crippen molar-refractivity contribution in [2.24, 2.45) is 0 Å². The molecule has 0 radical (unpaired) electrons. The first-order valence-corrected chi connectivity index (χ1v) is 12.1. The molecule has 0 saturated carbocycles. The summed E-state index contributed by atoms with van der Waals surface area (Å²) in [5, 5.41) is 16.6. The molecule has 2 aromatic carbocycles. The summed E-state index contributed by atoms with van der Waals surface area (Å²) in [5.74, 6) is -0.512. The molecule has 0 aliphatic carbocycles. The Morgan fingerprint density at radius 1 is 1.26 bits per heavy atom. The second kappa shape index (κ2) is 10.0. The fraction of sp³-hybridized carbons (Fsp3) is 0.125. The molecule has 2 aromatic heterocycles. The summed E-state index contributed by atoms with van der Waals surface area (Å²) in [7, 11) is 0. The minimum Gasteiger partial charge on any atom is -0.320 e. The highest BCUT2D eigenvalue weighted by Crippen LogP contribution is 2.32. The first kappa shape index (κ1) is 23.4. The van der Waals surface area contributed by atoms with E-state index < -0.39 is 10.8 Å². The molecule has 0 saturated heterocycles. The Bertz CT molecular complexity index is 1460. The van der Waals surface area contributed by atoms with E-state index in [1.165, 1.54) is 34.1 Å². The Morgan fingerprint density at radius 2 is 2.00 bits per heavy atom. The van der Waals surface area contributed by atoms with Crippen LogP contribution in [0.1, 0.15) is 5.56 Å². The second-order valence-corrected chi connectivity index (χ2v) is 9.21. The van der Waals surface area contributed by atoms with Gasteiger partial charge in [0, 0.05) is 23.6 Å². The van der Waals surface area contributed by atoms with Crippen molar-refractivity contribution in [3.63, 3.8) is 0 Å². The molecule has 8 nitrogen and oxygen atoms in total. The summed E-state index contributed by atoms with van der Waals surface area (Å²) in [6.07, 6.45) is 1.60. The lowest BCUT2D eigenvalue weighted by atomic mass is 10.1. The number of aromatic nitrogens is 2. The fourth-order valence-electron chi connectivity index (χ4n) is 3.41. The fourth-order valence-corrected chi connectivity index (χ4v) is 5.20. The van der Waals surface area contributed by atoms with Gasteiger partial charge in [0.25, 0.3) is 11.2 Å². The number of thiophene rings is 1. The SMILES string of the molecule is C=CCn1c(SCC(=O)Nc2ccccc2[N+](=O)[O-])nc2scc(-c3ccc(C)cc3)c2c1=O. The highest BCUT2D eigenvalue weighted by Gasteiger charge is 2.19. The van der Waals surface area contributed by atoms with Gasteiger partial charge in [-0.3, -0.25) is 24.3 Å². The first-order chi connectivity index (χ1) is 16.4. The van der Waals surface area contributed by atoms with Gasteiger partial charge < -0.3 is 5.32 Å². The molecule has 0 bridgehead atoms. The number of hydrogen-bond acceptors (Lipinski definition) is 7. The van der Waals surface area contributed by atoms with E-state index in [1.807, 2.05) is 36.6 Å². The van der Waals surface area contributed by atoms with E-state index in [9.17, 15) is 19.7 Å². The Morgan fingerprint density at radius 3 is 2.71 bits per heavy atom. The molecule has 0 spiro atoms. The van der Waals surface area contributed by atoms with Gasteiger partial charge in [0.15, 0.2) is 5.16 Å². The van der Waals surface area contributed by atoms with Crippen LogP contribution in [0.2, 0.25) is 0 Å². The molecule has 2 heterocycles. The number of fused-ring (bicyclic) bond motifs is 1. The number of hydrogen-bond donors (Lipinski definition) is 1. The number of amides is 1. The van der Waals surface area contributed by atoms with Crippen LogP contribution < -0.4 is 10.9 Å². The third-order valence-corrected chi connectivity index (χ3v) is 6.89. The van der Waals surface area contributed by atoms with Crippen molar-refractivity contribution in [3.8, 4) is 11.1 Å². The van der Waals surface area contributed by atoms with Gasteiger partial charge in [-0.25, -0.2) is 4.98 Å². The topological polar surface area (TPSA) is 107 Å². The largest absolute Gasteiger partial charge is 0.320 e. The number of carbonyl (C=O) groups is 1. The van der Waals surface area contributed by atoms with Gasteiger partial charge in [0.1, 0.15) is 10.5 Å². The average molecular weight is 493 g/mol. The second-order valence-electron chi connectivity index (χ2n) is 7.41. The first-order valence-electron chi connectivity index (χ1n) is 10.2. The van der Waals surface area contributed by atoms with Crippen LogP contribution >= 0.6 is 23.1 Å².